The van der Waals surface area contributed by atoms with Crippen LogP contribution in [0.25, 0.3) is 0 Å². The van der Waals surface area contributed by atoms with Crippen molar-refractivity contribution in [3.8, 4) is 0 Å². The molecule has 1 saturated heterocycles. The summed E-state index contributed by atoms with van der Waals surface area (Å²) in [6.07, 6.45) is 5.45. The first kappa shape index (κ1) is 14.3. The van der Waals surface area contributed by atoms with Gasteiger partial charge in [0.15, 0.2) is 0 Å². The van der Waals surface area contributed by atoms with E-state index in [4.69, 9.17) is 4.74 Å². The highest BCUT2D eigenvalue weighted by Crippen LogP contribution is 2.19. The molecular weight excluding hydrogens is 222 g/mol. The molecule has 1 fully saturated rings. The lowest BCUT2D eigenvalue weighted by molar-refractivity contribution is 0.0529. The minimum absolute atomic E-state index is 0.244. The number of hydrogen-bond acceptors (Lipinski definition) is 4. The van der Waals surface area contributed by atoms with Gasteiger partial charge in [0, 0.05) is 25.3 Å². The van der Waals surface area contributed by atoms with E-state index < -0.39 is 0 Å². The van der Waals surface area contributed by atoms with Gasteiger partial charge >= 0.3 is 0 Å². The summed E-state index contributed by atoms with van der Waals surface area (Å²) in [7, 11) is 0. The van der Waals surface area contributed by atoms with Crippen molar-refractivity contribution in [2.45, 2.75) is 38.3 Å². The Bertz CT molecular complexity index is 174. The predicted octanol–water partition coefficient (Wildman–Crippen LogP) is 1.51. The van der Waals surface area contributed by atoms with E-state index in [1.165, 1.54) is 0 Å². The molecule has 2 unspecified atom stereocenters. The second-order valence-electron chi connectivity index (χ2n) is 4.57. The third-order valence-corrected chi connectivity index (χ3v) is 4.01. The Hall–Kier alpha value is 0.230. The Balaban J connectivity index is 2.26. The molecule has 3 nitrogen and oxygen atoms in total. The zero-order valence-electron chi connectivity index (χ0n) is 10.4. The molecule has 1 aliphatic heterocycles. The average Bonchev–Trinajstić information content (AvgIpc) is 2.35. The zero-order valence-corrected chi connectivity index (χ0v) is 11.3. The Kier molecular flexibility index (Phi) is 7.45. The number of aliphatic hydroxyl groups excluding tert-OH is 1. The fraction of sp³-hybridized carbons (Fsp3) is 1.00. The van der Waals surface area contributed by atoms with Crippen LogP contribution in [0.15, 0.2) is 0 Å². The van der Waals surface area contributed by atoms with Crippen LogP contribution < -0.4 is 5.32 Å². The van der Waals surface area contributed by atoms with Crippen LogP contribution in [0.1, 0.15) is 26.2 Å². The molecule has 0 aromatic rings. The normalized spacial score (nSPS) is 21.9. The summed E-state index contributed by atoms with van der Waals surface area (Å²) in [5.74, 6) is 1.82. The van der Waals surface area contributed by atoms with Crippen LogP contribution in [-0.4, -0.2) is 49.0 Å². The van der Waals surface area contributed by atoms with E-state index in [-0.39, 0.29) is 12.6 Å². The first-order valence-corrected chi connectivity index (χ1v) is 7.61. The van der Waals surface area contributed by atoms with Gasteiger partial charge in [-0.2, -0.15) is 11.8 Å². The third-order valence-electron chi connectivity index (χ3n) is 3.36. The molecular formula is C12H25NO2S. The SMILES string of the molecule is CSCCC(CO)NC(C)C1CCOCC1. The molecule has 16 heavy (non-hydrogen) atoms. The van der Waals surface area contributed by atoms with Gasteiger partial charge in [0.25, 0.3) is 0 Å². The molecule has 0 aromatic carbocycles. The van der Waals surface area contributed by atoms with Gasteiger partial charge in [-0.3, -0.25) is 0 Å². The first-order valence-electron chi connectivity index (χ1n) is 6.21. The molecule has 1 heterocycles. The van der Waals surface area contributed by atoms with Crippen molar-refractivity contribution in [3.63, 3.8) is 0 Å². The molecule has 0 saturated carbocycles. The summed E-state index contributed by atoms with van der Waals surface area (Å²) in [6.45, 7) is 4.27. The van der Waals surface area contributed by atoms with Crippen LogP contribution >= 0.6 is 11.8 Å². The van der Waals surface area contributed by atoms with Crippen molar-refractivity contribution >= 4 is 11.8 Å². The number of aliphatic hydroxyl groups is 1. The van der Waals surface area contributed by atoms with E-state index >= 15 is 0 Å². The fourth-order valence-corrected chi connectivity index (χ4v) is 2.73. The molecule has 0 aromatic heterocycles. The molecule has 2 N–H and O–H groups in total. The summed E-state index contributed by atoms with van der Waals surface area (Å²) in [6, 6.07) is 0.744. The number of ether oxygens (including phenoxy) is 1. The first-order chi connectivity index (χ1) is 7.77. The molecule has 1 rings (SSSR count). The second-order valence-corrected chi connectivity index (χ2v) is 5.55. The van der Waals surface area contributed by atoms with Crippen molar-refractivity contribution in [2.75, 3.05) is 31.8 Å². The summed E-state index contributed by atoms with van der Waals surface area (Å²) in [4.78, 5) is 0. The molecule has 2 atom stereocenters. The largest absolute Gasteiger partial charge is 0.395 e. The van der Waals surface area contributed by atoms with Crippen LogP contribution in [0.2, 0.25) is 0 Å². The number of thioether (sulfide) groups is 1. The Morgan fingerprint density at radius 1 is 1.44 bits per heavy atom. The number of rotatable bonds is 7. The lowest BCUT2D eigenvalue weighted by Crippen LogP contribution is -2.44. The third kappa shape index (κ3) is 5.04. The zero-order chi connectivity index (χ0) is 11.8. The van der Waals surface area contributed by atoms with Gasteiger partial charge < -0.3 is 15.2 Å². The molecule has 0 aliphatic carbocycles. The maximum atomic E-state index is 9.30. The minimum atomic E-state index is 0.244. The lowest BCUT2D eigenvalue weighted by Gasteiger charge is -2.31. The summed E-state index contributed by atoms with van der Waals surface area (Å²) < 4.78 is 5.37. The molecule has 0 spiro atoms. The van der Waals surface area contributed by atoms with Gasteiger partial charge in [0.2, 0.25) is 0 Å². The Morgan fingerprint density at radius 2 is 2.12 bits per heavy atom. The van der Waals surface area contributed by atoms with E-state index in [1.807, 2.05) is 11.8 Å². The van der Waals surface area contributed by atoms with E-state index in [2.05, 4.69) is 18.5 Å². The van der Waals surface area contributed by atoms with Crippen molar-refractivity contribution in [1.82, 2.24) is 5.32 Å². The number of nitrogens with one attached hydrogen (secondary N) is 1. The van der Waals surface area contributed by atoms with Crippen LogP contribution in [-0.2, 0) is 4.74 Å². The van der Waals surface area contributed by atoms with Crippen molar-refractivity contribution in [3.05, 3.63) is 0 Å². The van der Waals surface area contributed by atoms with Crippen LogP contribution in [0.4, 0.5) is 0 Å². The summed E-state index contributed by atoms with van der Waals surface area (Å²) in [5, 5.41) is 12.9. The molecule has 0 bridgehead atoms. The molecule has 4 heteroatoms. The molecule has 0 amide bonds. The maximum absolute atomic E-state index is 9.30. The van der Waals surface area contributed by atoms with Crippen molar-refractivity contribution < 1.29 is 9.84 Å². The van der Waals surface area contributed by atoms with Gasteiger partial charge in [-0.15, -0.1) is 0 Å². The van der Waals surface area contributed by atoms with Gasteiger partial charge in [-0.25, -0.2) is 0 Å². The van der Waals surface area contributed by atoms with E-state index in [0.717, 1.165) is 38.2 Å². The van der Waals surface area contributed by atoms with Crippen molar-refractivity contribution in [2.24, 2.45) is 5.92 Å². The maximum Gasteiger partial charge on any atom is 0.0585 e. The Morgan fingerprint density at radius 3 is 2.69 bits per heavy atom. The lowest BCUT2D eigenvalue weighted by atomic mass is 9.92. The monoisotopic (exact) mass is 247 g/mol. The van der Waals surface area contributed by atoms with Gasteiger partial charge in [-0.1, -0.05) is 0 Å². The minimum Gasteiger partial charge on any atom is -0.395 e. The summed E-state index contributed by atoms with van der Waals surface area (Å²) in [5.41, 5.74) is 0. The van der Waals surface area contributed by atoms with Crippen LogP contribution in [0.3, 0.4) is 0 Å². The van der Waals surface area contributed by atoms with Crippen LogP contribution in [0, 0.1) is 5.92 Å². The van der Waals surface area contributed by atoms with Gasteiger partial charge in [-0.05, 0) is 44.1 Å². The highest BCUT2D eigenvalue weighted by atomic mass is 32.2. The van der Waals surface area contributed by atoms with Crippen LogP contribution in [0.5, 0.6) is 0 Å². The standard InChI is InChI=1S/C12H25NO2S/c1-10(11-3-6-15-7-4-11)13-12(9-14)5-8-16-2/h10-14H,3-9H2,1-2H3. The molecule has 96 valence electrons. The summed E-state index contributed by atoms with van der Waals surface area (Å²) >= 11 is 1.84. The van der Waals surface area contributed by atoms with Crippen molar-refractivity contribution in [1.29, 1.82) is 0 Å². The topological polar surface area (TPSA) is 41.5 Å². The smallest absolute Gasteiger partial charge is 0.0585 e. The number of hydrogen-bond donors (Lipinski definition) is 2. The highest BCUT2D eigenvalue weighted by Gasteiger charge is 2.22. The average molecular weight is 247 g/mol. The second kappa shape index (κ2) is 8.34. The van der Waals surface area contributed by atoms with E-state index in [0.29, 0.717) is 12.0 Å². The molecule has 1 aliphatic rings. The van der Waals surface area contributed by atoms with E-state index in [9.17, 15) is 5.11 Å². The molecule has 0 radical (unpaired) electrons. The highest BCUT2D eigenvalue weighted by molar-refractivity contribution is 7.98. The fourth-order valence-electron chi connectivity index (χ4n) is 2.21. The van der Waals surface area contributed by atoms with Gasteiger partial charge in [0.05, 0.1) is 6.61 Å². The Labute approximate surface area is 103 Å². The predicted molar refractivity (Wildman–Crippen MR) is 70.0 cm³/mol. The van der Waals surface area contributed by atoms with E-state index in [1.54, 1.807) is 0 Å². The quantitative estimate of drug-likeness (QED) is 0.715. The van der Waals surface area contributed by atoms with Gasteiger partial charge in [0.1, 0.15) is 0 Å².